The van der Waals surface area contributed by atoms with Crippen molar-refractivity contribution in [3.8, 4) is 0 Å². The van der Waals surface area contributed by atoms with Gasteiger partial charge in [0.2, 0.25) is 0 Å². The molecule has 0 unspecified atom stereocenters. The number of nitrogens with zero attached hydrogens (tertiary/aromatic N) is 1. The highest BCUT2D eigenvalue weighted by Crippen LogP contribution is 2.39. The summed E-state index contributed by atoms with van der Waals surface area (Å²) in [5.74, 6) is -0.951. The number of primary amides is 1. The number of benzene rings is 2. The van der Waals surface area contributed by atoms with Crippen molar-refractivity contribution in [1.82, 2.24) is 4.90 Å². The minimum absolute atomic E-state index is 0.00129. The van der Waals surface area contributed by atoms with Gasteiger partial charge in [0.25, 0.3) is 5.91 Å². The van der Waals surface area contributed by atoms with Gasteiger partial charge in [-0.1, -0.05) is 62.9 Å². The Hall–Kier alpha value is -3.24. The van der Waals surface area contributed by atoms with E-state index >= 15 is 0 Å². The zero-order valence-corrected chi connectivity index (χ0v) is 22.3. The third kappa shape index (κ3) is 8.38. The first-order valence-corrected chi connectivity index (χ1v) is 13.4. The first-order chi connectivity index (χ1) is 18.7. The number of nitrogens with two attached hydrogens (primary N) is 1. The predicted octanol–water partition coefficient (Wildman–Crippen LogP) is 7.77. The van der Waals surface area contributed by atoms with Crippen molar-refractivity contribution in [3.63, 3.8) is 0 Å². The van der Waals surface area contributed by atoms with Crippen LogP contribution in [0.3, 0.4) is 0 Å². The highest BCUT2D eigenvalue weighted by molar-refractivity contribution is 5.95. The Morgan fingerprint density at radius 1 is 0.950 bits per heavy atom. The van der Waals surface area contributed by atoms with Gasteiger partial charge in [0.15, 0.2) is 0 Å². The molecule has 0 aliphatic carbocycles. The van der Waals surface area contributed by atoms with E-state index in [-0.39, 0.29) is 31.9 Å². The van der Waals surface area contributed by atoms with E-state index < -0.39 is 52.7 Å². The van der Waals surface area contributed by atoms with Crippen LogP contribution in [0.15, 0.2) is 48.5 Å². The zero-order valence-electron chi connectivity index (χ0n) is 22.3. The summed E-state index contributed by atoms with van der Waals surface area (Å²) in [7, 11) is 0. The van der Waals surface area contributed by atoms with Crippen molar-refractivity contribution >= 4 is 12.0 Å². The number of carbonyl (C=O) groups excluding carboxylic acids is 2. The number of hydrogen-bond donors (Lipinski definition) is 1. The van der Waals surface area contributed by atoms with Crippen LogP contribution >= 0.6 is 0 Å². The van der Waals surface area contributed by atoms with Crippen molar-refractivity contribution in [2.24, 2.45) is 5.73 Å². The third-order valence-electron chi connectivity index (χ3n) is 7.32. The van der Waals surface area contributed by atoms with Crippen molar-refractivity contribution in [3.05, 3.63) is 70.8 Å². The van der Waals surface area contributed by atoms with E-state index in [0.29, 0.717) is 18.6 Å². The molecule has 40 heavy (non-hydrogen) atoms. The molecule has 0 spiro atoms. The number of ether oxygens (including phenoxy) is 1. The molecule has 0 radical (unpaired) electrons. The maximum Gasteiger partial charge on any atom is 0.416 e. The van der Waals surface area contributed by atoms with Gasteiger partial charge < -0.3 is 15.4 Å². The molecule has 5 nitrogen and oxygen atoms in total. The average Bonchev–Trinajstić information content (AvgIpc) is 2.87. The van der Waals surface area contributed by atoms with Crippen LogP contribution in [0.4, 0.5) is 31.1 Å². The number of amides is 2. The molecular weight excluding hydrogens is 538 g/mol. The Labute approximate surface area is 229 Å². The van der Waals surface area contributed by atoms with E-state index in [1.165, 1.54) is 4.90 Å². The predicted molar refractivity (Wildman–Crippen MR) is 137 cm³/mol. The minimum Gasteiger partial charge on any atom is -0.443 e. The summed E-state index contributed by atoms with van der Waals surface area (Å²) in [4.78, 5) is 26.8. The van der Waals surface area contributed by atoms with E-state index in [1.54, 1.807) is 18.2 Å². The Morgan fingerprint density at radius 2 is 1.55 bits per heavy atom. The van der Waals surface area contributed by atoms with Gasteiger partial charge in [0.1, 0.15) is 5.60 Å². The quantitative estimate of drug-likeness (QED) is 0.234. The molecule has 0 bridgehead atoms. The lowest BCUT2D eigenvalue weighted by atomic mass is 9.80. The number of unbranched alkanes of at least 4 members (excludes halogenated alkanes) is 4. The number of likely N-dealkylation sites (tertiary alicyclic amines) is 1. The highest BCUT2D eigenvalue weighted by Gasteiger charge is 2.45. The van der Waals surface area contributed by atoms with Crippen LogP contribution in [-0.4, -0.2) is 35.1 Å². The largest absolute Gasteiger partial charge is 0.443 e. The van der Waals surface area contributed by atoms with Gasteiger partial charge in [-0.3, -0.25) is 4.79 Å². The second-order valence-electron chi connectivity index (χ2n) is 10.4. The molecule has 0 aromatic heterocycles. The molecule has 1 heterocycles. The molecular formula is C29H34F6N2O3. The molecule has 2 aromatic carbocycles. The van der Waals surface area contributed by atoms with E-state index in [4.69, 9.17) is 10.5 Å². The molecule has 2 amide bonds. The second kappa shape index (κ2) is 13.0. The fourth-order valence-electron chi connectivity index (χ4n) is 5.36. The van der Waals surface area contributed by atoms with Gasteiger partial charge >= 0.3 is 18.4 Å². The molecule has 1 saturated heterocycles. The Bertz CT molecular complexity index is 1120. The number of alkyl halides is 6. The second-order valence-corrected chi connectivity index (χ2v) is 10.4. The lowest BCUT2D eigenvalue weighted by molar-refractivity contribution is -0.143. The summed E-state index contributed by atoms with van der Waals surface area (Å²) in [6, 6.07) is 9.22. The van der Waals surface area contributed by atoms with Crippen LogP contribution in [0.2, 0.25) is 0 Å². The van der Waals surface area contributed by atoms with Crippen molar-refractivity contribution in [2.45, 2.75) is 88.7 Å². The average molecular weight is 573 g/mol. The molecule has 0 saturated carbocycles. The molecule has 2 N–H and O–H groups in total. The van der Waals surface area contributed by atoms with E-state index in [0.717, 1.165) is 37.7 Å². The van der Waals surface area contributed by atoms with E-state index in [1.807, 2.05) is 12.1 Å². The molecule has 220 valence electrons. The Morgan fingerprint density at radius 3 is 2.10 bits per heavy atom. The van der Waals surface area contributed by atoms with Crippen LogP contribution in [-0.2, 0) is 23.5 Å². The lowest BCUT2D eigenvalue weighted by Gasteiger charge is -2.46. The zero-order chi connectivity index (χ0) is 29.6. The molecule has 1 aliphatic rings. The first-order valence-electron chi connectivity index (χ1n) is 13.4. The molecule has 11 heteroatoms. The van der Waals surface area contributed by atoms with Gasteiger partial charge in [0, 0.05) is 31.0 Å². The maximum atomic E-state index is 13.6. The topological polar surface area (TPSA) is 72.6 Å². The number of carbonyl (C=O) groups is 2. The fourth-order valence-corrected chi connectivity index (χ4v) is 5.36. The smallest absolute Gasteiger partial charge is 0.416 e. The minimum atomic E-state index is -5.08. The van der Waals surface area contributed by atoms with Crippen molar-refractivity contribution < 1.29 is 40.7 Å². The number of rotatable bonds is 10. The summed E-state index contributed by atoms with van der Waals surface area (Å²) >= 11 is 0. The van der Waals surface area contributed by atoms with Gasteiger partial charge in [0.05, 0.1) is 11.1 Å². The molecule has 1 aliphatic heterocycles. The van der Waals surface area contributed by atoms with E-state index in [9.17, 15) is 35.9 Å². The maximum absolute atomic E-state index is 13.6. The fraction of sp³-hybridized carbons (Fsp3) is 0.517. The molecule has 3 rings (SSSR count). The van der Waals surface area contributed by atoms with Crippen LogP contribution in [0, 0.1) is 0 Å². The standard InChI is InChI=1S/C29H34F6N2O3/c1-2-3-4-5-9-12-27(40-26(36)39)13-14-37(24(19-27)15-20-10-7-6-8-11-20)25(38)21-16-22(28(30,31)32)18-23(17-21)29(33,34)35/h6-8,10-11,16-18,24H,2-5,9,12-15,19H2,1H3,(H2,36,39)/t24-,27+/m1/s1. The van der Waals surface area contributed by atoms with Gasteiger partial charge in [-0.05, 0) is 43.0 Å². The summed E-state index contributed by atoms with van der Waals surface area (Å²) in [6.07, 6.45) is -5.35. The van der Waals surface area contributed by atoms with E-state index in [2.05, 4.69) is 6.92 Å². The molecule has 2 atom stereocenters. The molecule has 1 fully saturated rings. The Kier molecular flexibility index (Phi) is 10.1. The summed E-state index contributed by atoms with van der Waals surface area (Å²) < 4.78 is 86.5. The first kappa shape index (κ1) is 31.3. The van der Waals surface area contributed by atoms with Crippen molar-refractivity contribution in [2.75, 3.05) is 6.54 Å². The van der Waals surface area contributed by atoms with Gasteiger partial charge in [-0.15, -0.1) is 0 Å². The summed E-state index contributed by atoms with van der Waals surface area (Å²) in [6.45, 7) is 2.05. The van der Waals surface area contributed by atoms with Gasteiger partial charge in [-0.25, -0.2) is 4.79 Å². The van der Waals surface area contributed by atoms with Crippen LogP contribution in [0.1, 0.15) is 85.3 Å². The molecule has 2 aromatic rings. The monoisotopic (exact) mass is 572 g/mol. The third-order valence-corrected chi connectivity index (χ3v) is 7.32. The number of hydrogen-bond acceptors (Lipinski definition) is 3. The van der Waals surface area contributed by atoms with Crippen LogP contribution in [0.25, 0.3) is 0 Å². The highest BCUT2D eigenvalue weighted by atomic mass is 19.4. The number of halogens is 6. The summed E-state index contributed by atoms with van der Waals surface area (Å²) in [5.41, 5.74) is 1.40. The van der Waals surface area contributed by atoms with Gasteiger partial charge in [-0.2, -0.15) is 26.3 Å². The normalized spacial score (nSPS) is 19.9. The Balaban J connectivity index is 1.97. The SMILES string of the molecule is CCCCCCC[C@]1(OC(N)=O)CCN(C(=O)c2cc(C(F)(F)F)cc(C(F)(F)F)c2)[C@H](Cc2ccccc2)C1. The number of piperidine rings is 1. The lowest BCUT2D eigenvalue weighted by Crippen LogP contribution is -2.55. The van der Waals surface area contributed by atoms with Crippen LogP contribution < -0.4 is 5.73 Å². The summed E-state index contributed by atoms with van der Waals surface area (Å²) in [5, 5.41) is 0. The van der Waals surface area contributed by atoms with Crippen molar-refractivity contribution in [1.29, 1.82) is 0 Å². The van der Waals surface area contributed by atoms with Crippen LogP contribution in [0.5, 0.6) is 0 Å².